The van der Waals surface area contributed by atoms with E-state index in [-0.39, 0.29) is 5.54 Å². The van der Waals surface area contributed by atoms with Crippen LogP contribution in [0.15, 0.2) is 34.7 Å². The van der Waals surface area contributed by atoms with Gasteiger partial charge in [0.2, 0.25) is 0 Å². The fraction of sp³-hybridized carbons (Fsp3) is 0.600. The molecule has 1 saturated carbocycles. The molecule has 2 bridgehead atoms. The zero-order chi connectivity index (χ0) is 15.5. The lowest BCUT2D eigenvalue weighted by Gasteiger charge is -2.33. The summed E-state index contributed by atoms with van der Waals surface area (Å²) in [6.07, 6.45) is 6.81. The van der Waals surface area contributed by atoms with Gasteiger partial charge in [0.15, 0.2) is 19.5 Å². The molecule has 3 unspecified atom stereocenters. The van der Waals surface area contributed by atoms with Crippen molar-refractivity contribution in [1.29, 1.82) is 0 Å². The van der Waals surface area contributed by atoms with Gasteiger partial charge in [-0.2, -0.15) is 0 Å². The summed E-state index contributed by atoms with van der Waals surface area (Å²) in [6.45, 7) is 8.32. The van der Waals surface area contributed by atoms with Gasteiger partial charge in [-0.3, -0.25) is 0 Å². The lowest BCUT2D eigenvalue weighted by Crippen LogP contribution is -2.50. The van der Waals surface area contributed by atoms with Crippen LogP contribution in [-0.2, 0) is 8.23 Å². The molecule has 0 saturated heterocycles. The van der Waals surface area contributed by atoms with E-state index in [0.717, 1.165) is 6.42 Å². The number of fused-ring (bicyclic) bond motifs is 2. The summed E-state index contributed by atoms with van der Waals surface area (Å²) < 4.78 is 12.1. The minimum absolute atomic E-state index is 0.239. The van der Waals surface area contributed by atoms with Gasteiger partial charge in [0, 0.05) is 5.54 Å². The zero-order valence-electron chi connectivity index (χ0n) is 13.6. The first-order valence-corrected chi connectivity index (χ1v) is 12.5. The molecule has 6 heteroatoms. The molecule has 0 radical (unpaired) electrons. The van der Waals surface area contributed by atoms with E-state index in [9.17, 15) is 4.80 Å². The van der Waals surface area contributed by atoms with Crippen molar-refractivity contribution in [1.82, 2.24) is 0 Å². The molecule has 3 nitrogen and oxygen atoms in total. The van der Waals surface area contributed by atoms with Gasteiger partial charge in [0.05, 0.1) is 0 Å². The van der Waals surface area contributed by atoms with Gasteiger partial charge in [-0.05, 0) is 52.4 Å². The van der Waals surface area contributed by atoms with Crippen molar-refractivity contribution >= 4 is 28.3 Å². The van der Waals surface area contributed by atoms with Crippen molar-refractivity contribution in [2.75, 3.05) is 0 Å². The van der Waals surface area contributed by atoms with E-state index in [0.29, 0.717) is 11.8 Å². The molecule has 2 aliphatic carbocycles. The van der Waals surface area contributed by atoms with E-state index in [1.807, 2.05) is 0 Å². The molecule has 1 fully saturated rings. The van der Waals surface area contributed by atoms with Crippen molar-refractivity contribution in [3.05, 3.63) is 34.7 Å². The summed E-state index contributed by atoms with van der Waals surface area (Å²) in [4.78, 5) is 11.1. The minimum atomic E-state index is -3.02. The Labute approximate surface area is 134 Å². The third kappa shape index (κ3) is 4.61. The lowest BCUT2D eigenvalue weighted by molar-refractivity contribution is 0.237. The molecule has 3 atom stereocenters. The maximum Gasteiger partial charge on any atom is 0.480 e. The molecule has 0 spiro atoms. The van der Waals surface area contributed by atoms with Gasteiger partial charge in [-0.15, -0.1) is 0 Å². The summed E-state index contributed by atoms with van der Waals surface area (Å²) in [7, 11) is -4.69. The first-order chi connectivity index (χ1) is 9.90. The van der Waals surface area contributed by atoms with Gasteiger partial charge in [-0.25, -0.2) is 0 Å². The Morgan fingerprint density at radius 2 is 1.62 bits per heavy atom. The van der Waals surface area contributed by atoms with Crippen molar-refractivity contribution in [2.45, 2.75) is 46.1 Å². The third-order valence-corrected chi connectivity index (χ3v) is 12.5. The minimum Gasteiger partial charge on any atom is -0.418 e. The van der Waals surface area contributed by atoms with Crippen LogP contribution < -0.4 is 0 Å². The highest BCUT2D eigenvalue weighted by atomic mass is 28.4. The van der Waals surface area contributed by atoms with E-state index >= 15 is 0 Å². The first kappa shape index (κ1) is 17.1. The summed E-state index contributed by atoms with van der Waals surface area (Å²) in [5.41, 5.74) is 7.10. The van der Waals surface area contributed by atoms with Crippen LogP contribution in [0.2, 0.25) is 5.54 Å². The number of rotatable bonds is 7. The zero-order valence-corrected chi connectivity index (χ0v) is 17.5. The van der Waals surface area contributed by atoms with Crippen LogP contribution in [0.5, 0.6) is 0 Å². The first-order valence-electron chi connectivity index (χ1n) is 7.86. The summed E-state index contributed by atoms with van der Waals surface area (Å²) in [6, 6.07) is 0. The third-order valence-electron chi connectivity index (χ3n) is 4.31. The quantitative estimate of drug-likeness (QED) is 0.568. The highest BCUT2D eigenvalue weighted by Gasteiger charge is 2.53. The standard InChI is InChI=1S/C15H28O3Si3/c1-11(2)9-19-17-21(16,18-20-10-12(3)4)15-8-13-5-6-14(15)7-13/h5-6,9-10,13-16H,7-8,19-20H2,1-4H3. The van der Waals surface area contributed by atoms with E-state index in [2.05, 4.69) is 51.2 Å². The molecule has 2 rings (SSSR count). The second kappa shape index (κ2) is 7.34. The van der Waals surface area contributed by atoms with Crippen LogP contribution in [0.3, 0.4) is 0 Å². The fourth-order valence-corrected chi connectivity index (χ4v) is 10.5. The Morgan fingerprint density at radius 3 is 2.00 bits per heavy atom. The van der Waals surface area contributed by atoms with Crippen molar-refractivity contribution in [3.63, 3.8) is 0 Å². The predicted molar refractivity (Wildman–Crippen MR) is 95.2 cm³/mol. The largest absolute Gasteiger partial charge is 0.480 e. The normalized spacial score (nSPS) is 30.4. The summed E-state index contributed by atoms with van der Waals surface area (Å²) in [5.74, 6) is 1.12. The Balaban J connectivity index is 2.03. The molecule has 0 aromatic carbocycles. The predicted octanol–water partition coefficient (Wildman–Crippen LogP) is 1.93. The summed E-state index contributed by atoms with van der Waals surface area (Å²) >= 11 is 0. The van der Waals surface area contributed by atoms with Crippen molar-refractivity contribution in [2.24, 2.45) is 11.8 Å². The van der Waals surface area contributed by atoms with Gasteiger partial charge < -0.3 is 13.0 Å². The van der Waals surface area contributed by atoms with E-state index in [4.69, 9.17) is 8.23 Å². The molecule has 2 aliphatic rings. The van der Waals surface area contributed by atoms with E-state index < -0.39 is 28.3 Å². The molecule has 21 heavy (non-hydrogen) atoms. The molecular formula is C15H28O3Si3. The summed E-state index contributed by atoms with van der Waals surface area (Å²) in [5, 5.41) is 0. The maximum absolute atomic E-state index is 11.1. The van der Waals surface area contributed by atoms with Crippen molar-refractivity contribution < 1.29 is 13.0 Å². The van der Waals surface area contributed by atoms with Crippen LogP contribution in [-0.4, -0.2) is 33.1 Å². The molecule has 0 heterocycles. The molecular weight excluding hydrogens is 312 g/mol. The molecule has 0 aromatic heterocycles. The number of hydrogen-bond acceptors (Lipinski definition) is 3. The van der Waals surface area contributed by atoms with Gasteiger partial charge in [-0.1, -0.05) is 34.7 Å². The lowest BCUT2D eigenvalue weighted by atomic mass is 10.1. The molecule has 0 aromatic rings. The average Bonchev–Trinajstić information content (AvgIpc) is 3.00. The second-order valence-corrected chi connectivity index (χ2v) is 12.5. The monoisotopic (exact) mass is 340 g/mol. The smallest absolute Gasteiger partial charge is 0.418 e. The van der Waals surface area contributed by atoms with Crippen LogP contribution in [0.4, 0.5) is 0 Å². The Kier molecular flexibility index (Phi) is 5.98. The van der Waals surface area contributed by atoms with Crippen LogP contribution in [0, 0.1) is 11.8 Å². The van der Waals surface area contributed by atoms with Crippen molar-refractivity contribution in [3.8, 4) is 0 Å². The number of hydrogen-bond donors (Lipinski definition) is 1. The van der Waals surface area contributed by atoms with E-state index in [1.165, 1.54) is 17.6 Å². The highest BCUT2D eigenvalue weighted by Crippen LogP contribution is 2.51. The van der Waals surface area contributed by atoms with Crippen LogP contribution in [0.1, 0.15) is 40.5 Å². The highest BCUT2D eigenvalue weighted by molar-refractivity contribution is 6.71. The average molecular weight is 341 g/mol. The Morgan fingerprint density at radius 1 is 1.05 bits per heavy atom. The van der Waals surface area contributed by atoms with Gasteiger partial charge in [0.1, 0.15) is 0 Å². The van der Waals surface area contributed by atoms with Gasteiger partial charge in [0.25, 0.3) is 0 Å². The second-order valence-electron chi connectivity index (χ2n) is 6.70. The molecule has 118 valence electrons. The SMILES string of the molecule is CC(C)=C[SiH2]O[Si](O)(O[SiH2]C=C(C)C)C1CC2C=CC1C2. The Hall–Kier alpha value is -0.249. The number of allylic oxidation sites excluding steroid dienone is 4. The molecule has 0 aliphatic heterocycles. The fourth-order valence-electron chi connectivity index (χ4n) is 3.11. The Bertz CT molecular complexity index is 429. The van der Waals surface area contributed by atoms with Gasteiger partial charge >= 0.3 is 8.80 Å². The topological polar surface area (TPSA) is 38.7 Å². The maximum atomic E-state index is 11.1. The van der Waals surface area contributed by atoms with Crippen LogP contribution in [0.25, 0.3) is 0 Å². The van der Waals surface area contributed by atoms with E-state index in [1.54, 1.807) is 0 Å². The molecule has 0 amide bonds. The van der Waals surface area contributed by atoms with Crippen LogP contribution >= 0.6 is 0 Å². The molecule has 1 N–H and O–H groups in total.